The van der Waals surface area contributed by atoms with Crippen LogP contribution in [0.5, 0.6) is 0 Å². The Morgan fingerprint density at radius 3 is 1.91 bits per heavy atom. The molecular weight excluding hydrogens is 268 g/mol. The summed E-state index contributed by atoms with van der Waals surface area (Å²) in [5, 5.41) is 0. The molecule has 22 heavy (non-hydrogen) atoms. The number of H-pyrrole nitrogens is 1. The summed E-state index contributed by atoms with van der Waals surface area (Å²) in [6.45, 7) is 20.6. The van der Waals surface area contributed by atoms with Crippen molar-refractivity contribution in [3.8, 4) is 0 Å². The molecule has 1 aromatic rings. The molecule has 0 spiro atoms. The molecule has 0 atom stereocenters. The van der Waals surface area contributed by atoms with Crippen molar-refractivity contribution in [2.75, 3.05) is 0 Å². The van der Waals surface area contributed by atoms with Gasteiger partial charge >= 0.3 is 0 Å². The van der Waals surface area contributed by atoms with E-state index in [1.54, 1.807) is 0 Å². The molecule has 0 radical (unpaired) electrons. The summed E-state index contributed by atoms with van der Waals surface area (Å²) in [6, 6.07) is 0. The van der Waals surface area contributed by atoms with Gasteiger partial charge in [0, 0.05) is 21.9 Å². The lowest BCUT2D eigenvalue weighted by molar-refractivity contribution is 0.413. The van der Waals surface area contributed by atoms with Gasteiger partial charge in [0.15, 0.2) is 0 Å². The third-order valence-corrected chi connectivity index (χ3v) is 5.02. The number of rotatable bonds is 7. The summed E-state index contributed by atoms with van der Waals surface area (Å²) >= 11 is 0. The number of aromatic nitrogens is 2. The van der Waals surface area contributed by atoms with Crippen LogP contribution in [-0.2, 0) is 16.2 Å². The van der Waals surface area contributed by atoms with Crippen LogP contribution in [0.3, 0.4) is 0 Å². The van der Waals surface area contributed by atoms with E-state index in [2.05, 4.69) is 67.3 Å². The minimum absolute atomic E-state index is 0.0658. The zero-order valence-electron chi connectivity index (χ0n) is 16.5. The van der Waals surface area contributed by atoms with Crippen LogP contribution in [0.25, 0.3) is 0 Å². The van der Waals surface area contributed by atoms with E-state index < -0.39 is 0 Å². The molecule has 1 aromatic heterocycles. The number of aromatic amines is 1. The van der Waals surface area contributed by atoms with Gasteiger partial charge in [-0.3, -0.25) is 0 Å². The maximum Gasteiger partial charge on any atom is 0.112 e. The summed E-state index contributed by atoms with van der Waals surface area (Å²) in [5.74, 6) is 1.13. The van der Waals surface area contributed by atoms with Crippen molar-refractivity contribution in [1.29, 1.82) is 0 Å². The number of unbranched alkanes of at least 4 members (excludes halogenated alkanes) is 2. The summed E-state index contributed by atoms with van der Waals surface area (Å²) in [7, 11) is 0. The van der Waals surface area contributed by atoms with Gasteiger partial charge in [-0.15, -0.1) is 0 Å². The first-order valence-corrected chi connectivity index (χ1v) is 9.07. The first-order chi connectivity index (χ1) is 9.95. The Labute approximate surface area is 138 Å². The molecule has 0 saturated carbocycles. The Kier molecular flexibility index (Phi) is 5.92. The largest absolute Gasteiger partial charge is 0.345 e. The molecule has 0 fully saturated rings. The molecule has 0 aliphatic rings. The molecule has 1 N–H and O–H groups in total. The van der Waals surface area contributed by atoms with E-state index in [0.717, 1.165) is 12.2 Å². The van der Waals surface area contributed by atoms with E-state index in [-0.39, 0.29) is 16.2 Å². The normalized spacial score (nSPS) is 13.7. The maximum atomic E-state index is 5.06. The van der Waals surface area contributed by atoms with Gasteiger partial charge in [0.25, 0.3) is 0 Å². The summed E-state index contributed by atoms with van der Waals surface area (Å²) in [4.78, 5) is 8.78. The molecule has 0 bridgehead atoms. The Hall–Kier alpha value is -0.790. The van der Waals surface area contributed by atoms with E-state index >= 15 is 0 Å². The van der Waals surface area contributed by atoms with Crippen molar-refractivity contribution in [1.82, 2.24) is 9.97 Å². The molecule has 128 valence electrons. The Balaban J connectivity index is 3.29. The Morgan fingerprint density at radius 2 is 1.45 bits per heavy atom. The highest BCUT2D eigenvalue weighted by Gasteiger charge is 2.35. The monoisotopic (exact) mass is 306 g/mol. The van der Waals surface area contributed by atoms with Crippen LogP contribution in [0.4, 0.5) is 0 Å². The smallest absolute Gasteiger partial charge is 0.112 e. The SMILES string of the molecule is CCCCCC(C)(C)c1[nH]c(C(C)(C)C)nc1C(C)(C)CC. The van der Waals surface area contributed by atoms with Gasteiger partial charge in [-0.2, -0.15) is 0 Å². The minimum atomic E-state index is 0.0658. The summed E-state index contributed by atoms with van der Waals surface area (Å²) in [6.07, 6.45) is 6.22. The van der Waals surface area contributed by atoms with Gasteiger partial charge < -0.3 is 4.98 Å². The average Bonchev–Trinajstić information content (AvgIpc) is 2.85. The second kappa shape index (κ2) is 6.76. The standard InChI is InChI=1S/C20H38N2/c1-10-12-13-14-20(8,9)16-15(19(6,7)11-2)21-17(22-16)18(3,4)5/h10-14H2,1-9H3,(H,21,22). The van der Waals surface area contributed by atoms with Gasteiger partial charge in [0.1, 0.15) is 5.82 Å². The number of nitrogens with one attached hydrogen (secondary N) is 1. The maximum absolute atomic E-state index is 5.06. The van der Waals surface area contributed by atoms with Crippen LogP contribution in [0.2, 0.25) is 0 Å². The van der Waals surface area contributed by atoms with E-state index in [1.165, 1.54) is 37.1 Å². The molecule has 0 unspecified atom stereocenters. The fraction of sp³-hybridized carbons (Fsp3) is 0.850. The molecule has 0 saturated heterocycles. The molecular formula is C20H38N2. The highest BCUT2D eigenvalue weighted by molar-refractivity contribution is 5.30. The van der Waals surface area contributed by atoms with Gasteiger partial charge in [0.05, 0.1) is 5.69 Å². The van der Waals surface area contributed by atoms with E-state index in [0.29, 0.717) is 0 Å². The summed E-state index contributed by atoms with van der Waals surface area (Å²) < 4.78 is 0. The lowest BCUT2D eigenvalue weighted by Gasteiger charge is -2.30. The Morgan fingerprint density at radius 1 is 0.864 bits per heavy atom. The first kappa shape index (κ1) is 19.3. The third-order valence-electron chi connectivity index (χ3n) is 5.02. The molecule has 2 nitrogen and oxygen atoms in total. The number of nitrogens with zero attached hydrogens (tertiary/aromatic N) is 1. The molecule has 1 rings (SSSR count). The average molecular weight is 307 g/mol. The quantitative estimate of drug-likeness (QED) is 0.592. The predicted octanol–water partition coefficient (Wildman–Crippen LogP) is 6.25. The van der Waals surface area contributed by atoms with Gasteiger partial charge in [-0.25, -0.2) is 4.98 Å². The van der Waals surface area contributed by atoms with Crippen molar-refractivity contribution in [3.63, 3.8) is 0 Å². The van der Waals surface area contributed by atoms with Gasteiger partial charge in [-0.1, -0.05) is 81.6 Å². The molecule has 1 heterocycles. The predicted molar refractivity (Wildman–Crippen MR) is 97.8 cm³/mol. The van der Waals surface area contributed by atoms with Gasteiger partial charge in [-0.05, 0) is 12.8 Å². The lowest BCUT2D eigenvalue weighted by atomic mass is 9.76. The van der Waals surface area contributed by atoms with E-state index in [1.807, 2.05) is 0 Å². The number of hydrogen-bond acceptors (Lipinski definition) is 1. The second-order valence-corrected chi connectivity index (χ2v) is 9.14. The van der Waals surface area contributed by atoms with E-state index in [9.17, 15) is 0 Å². The van der Waals surface area contributed by atoms with Crippen LogP contribution in [-0.4, -0.2) is 9.97 Å². The Bertz CT molecular complexity index is 472. The topological polar surface area (TPSA) is 28.7 Å². The first-order valence-electron chi connectivity index (χ1n) is 9.07. The fourth-order valence-electron chi connectivity index (χ4n) is 2.82. The number of hydrogen-bond donors (Lipinski definition) is 1. The fourth-order valence-corrected chi connectivity index (χ4v) is 2.82. The lowest BCUT2D eigenvalue weighted by Crippen LogP contribution is -2.26. The molecule has 2 heteroatoms. The minimum Gasteiger partial charge on any atom is -0.345 e. The van der Waals surface area contributed by atoms with Crippen LogP contribution in [0.15, 0.2) is 0 Å². The summed E-state index contributed by atoms with van der Waals surface area (Å²) in [5.41, 5.74) is 2.99. The van der Waals surface area contributed by atoms with Crippen molar-refractivity contribution >= 4 is 0 Å². The van der Waals surface area contributed by atoms with Crippen molar-refractivity contribution < 1.29 is 0 Å². The molecule has 0 amide bonds. The van der Waals surface area contributed by atoms with Crippen LogP contribution >= 0.6 is 0 Å². The van der Waals surface area contributed by atoms with Gasteiger partial charge in [0.2, 0.25) is 0 Å². The van der Waals surface area contributed by atoms with Crippen molar-refractivity contribution in [3.05, 3.63) is 17.2 Å². The highest BCUT2D eigenvalue weighted by Crippen LogP contribution is 2.38. The molecule has 0 aliphatic heterocycles. The second-order valence-electron chi connectivity index (χ2n) is 9.14. The van der Waals surface area contributed by atoms with Crippen molar-refractivity contribution in [2.45, 2.75) is 111 Å². The third kappa shape index (κ3) is 4.36. The van der Waals surface area contributed by atoms with Crippen LogP contribution in [0.1, 0.15) is 112 Å². The van der Waals surface area contributed by atoms with Crippen molar-refractivity contribution in [2.24, 2.45) is 0 Å². The van der Waals surface area contributed by atoms with Crippen LogP contribution < -0.4 is 0 Å². The highest BCUT2D eigenvalue weighted by atomic mass is 15.0. The number of imidazole rings is 1. The van der Waals surface area contributed by atoms with Crippen LogP contribution in [0, 0.1) is 0 Å². The van der Waals surface area contributed by atoms with E-state index in [4.69, 9.17) is 4.98 Å². The zero-order chi connectivity index (χ0) is 17.2. The zero-order valence-corrected chi connectivity index (χ0v) is 16.5. The molecule has 0 aliphatic carbocycles. The molecule has 0 aromatic carbocycles.